The van der Waals surface area contributed by atoms with Crippen LogP contribution in [0.25, 0.3) is 0 Å². The Balaban J connectivity index is 1.65. The first-order chi connectivity index (χ1) is 12.0. The molecule has 1 heterocycles. The summed E-state index contributed by atoms with van der Waals surface area (Å²) in [6.07, 6.45) is -5.94. The standard InChI is InChI=1S/C17H21F3O6/c1-4-16(2,3)15(23)24-6-9(21)25-13-8-5-7-10(11(8)17(18,19)20)14(22)26-12(7)13/h7-8,10-13H,4-6H2,1-3H3. The molecular formula is C17H21F3O6. The molecule has 3 rings (SSSR count). The lowest BCUT2D eigenvalue weighted by atomic mass is 9.78. The van der Waals surface area contributed by atoms with Crippen LogP contribution in [0.1, 0.15) is 33.6 Å². The van der Waals surface area contributed by atoms with Gasteiger partial charge in [0.2, 0.25) is 0 Å². The quantitative estimate of drug-likeness (QED) is 0.539. The molecule has 26 heavy (non-hydrogen) atoms. The second-order valence-electron chi connectivity index (χ2n) is 7.83. The minimum atomic E-state index is -4.57. The molecule has 146 valence electrons. The molecule has 1 aliphatic heterocycles. The van der Waals surface area contributed by atoms with Gasteiger partial charge < -0.3 is 14.2 Å². The minimum absolute atomic E-state index is 0.131. The van der Waals surface area contributed by atoms with E-state index in [0.717, 1.165) is 0 Å². The predicted molar refractivity (Wildman–Crippen MR) is 79.4 cm³/mol. The van der Waals surface area contributed by atoms with Gasteiger partial charge in [-0.1, -0.05) is 6.92 Å². The van der Waals surface area contributed by atoms with Gasteiger partial charge in [0.15, 0.2) is 6.61 Å². The van der Waals surface area contributed by atoms with Gasteiger partial charge in [0, 0.05) is 11.8 Å². The first kappa shape index (κ1) is 19.0. The Bertz CT molecular complexity index is 628. The number of carbonyl (C=O) groups excluding carboxylic acids is 3. The zero-order valence-corrected chi connectivity index (χ0v) is 14.7. The summed E-state index contributed by atoms with van der Waals surface area (Å²) in [4.78, 5) is 35.7. The van der Waals surface area contributed by atoms with Crippen LogP contribution in [-0.2, 0) is 28.6 Å². The molecule has 6 nitrogen and oxygen atoms in total. The van der Waals surface area contributed by atoms with Crippen molar-refractivity contribution in [2.45, 2.75) is 52.0 Å². The maximum atomic E-state index is 13.4. The van der Waals surface area contributed by atoms with E-state index in [0.29, 0.717) is 6.42 Å². The first-order valence-electron chi connectivity index (χ1n) is 8.61. The maximum Gasteiger partial charge on any atom is 0.393 e. The molecule has 0 N–H and O–H groups in total. The second-order valence-corrected chi connectivity index (χ2v) is 7.83. The summed E-state index contributed by atoms with van der Waals surface area (Å²) in [6, 6.07) is 0. The molecule has 6 unspecified atom stereocenters. The van der Waals surface area contributed by atoms with Crippen molar-refractivity contribution in [2.75, 3.05) is 6.61 Å². The van der Waals surface area contributed by atoms with Gasteiger partial charge in [0.1, 0.15) is 12.2 Å². The summed E-state index contributed by atoms with van der Waals surface area (Å²) in [5.74, 6) is -7.07. The summed E-state index contributed by atoms with van der Waals surface area (Å²) in [7, 11) is 0. The van der Waals surface area contributed by atoms with E-state index in [9.17, 15) is 27.6 Å². The SMILES string of the molecule is CCC(C)(C)C(=O)OCC(=O)OC1C2CC3C1OC(=O)C3C2C(F)(F)F. The monoisotopic (exact) mass is 378 g/mol. The number of halogens is 3. The van der Waals surface area contributed by atoms with E-state index in [1.165, 1.54) is 0 Å². The van der Waals surface area contributed by atoms with E-state index in [4.69, 9.17) is 14.2 Å². The molecule has 3 fully saturated rings. The molecule has 3 aliphatic rings. The van der Waals surface area contributed by atoms with Crippen molar-refractivity contribution in [3.05, 3.63) is 0 Å². The number of alkyl halides is 3. The lowest BCUT2D eigenvalue weighted by molar-refractivity contribution is -0.212. The van der Waals surface area contributed by atoms with Crippen molar-refractivity contribution < 1.29 is 41.8 Å². The first-order valence-corrected chi connectivity index (χ1v) is 8.61. The van der Waals surface area contributed by atoms with Crippen LogP contribution in [0.2, 0.25) is 0 Å². The summed E-state index contributed by atoms with van der Waals surface area (Å²) >= 11 is 0. The zero-order valence-electron chi connectivity index (χ0n) is 14.7. The molecule has 0 aromatic carbocycles. The number of fused-ring (bicyclic) bond motifs is 1. The molecule has 2 bridgehead atoms. The van der Waals surface area contributed by atoms with Gasteiger partial charge >= 0.3 is 24.1 Å². The molecule has 0 amide bonds. The predicted octanol–water partition coefficient (Wildman–Crippen LogP) is 2.25. The summed E-state index contributed by atoms with van der Waals surface area (Å²) < 4.78 is 55.2. The van der Waals surface area contributed by atoms with Crippen LogP contribution in [0.5, 0.6) is 0 Å². The van der Waals surface area contributed by atoms with Crippen LogP contribution in [0, 0.1) is 29.1 Å². The van der Waals surface area contributed by atoms with Crippen LogP contribution in [-0.4, -0.2) is 42.9 Å². The number of hydrogen-bond acceptors (Lipinski definition) is 6. The van der Waals surface area contributed by atoms with Crippen LogP contribution in [0.4, 0.5) is 13.2 Å². The summed E-state index contributed by atoms with van der Waals surface area (Å²) in [6.45, 7) is 4.42. The highest BCUT2D eigenvalue weighted by molar-refractivity contribution is 5.80. The normalized spacial score (nSPS) is 35.4. The molecule has 0 aromatic heterocycles. The maximum absolute atomic E-state index is 13.4. The lowest BCUT2D eigenvalue weighted by Gasteiger charge is -2.32. The average molecular weight is 378 g/mol. The Labute approximate surface area is 148 Å². The van der Waals surface area contributed by atoms with Crippen molar-refractivity contribution in [2.24, 2.45) is 29.1 Å². The van der Waals surface area contributed by atoms with Crippen LogP contribution in [0.3, 0.4) is 0 Å². The Morgan fingerprint density at radius 1 is 1.23 bits per heavy atom. The number of rotatable bonds is 5. The third kappa shape index (κ3) is 2.95. The van der Waals surface area contributed by atoms with E-state index in [2.05, 4.69) is 0 Å². The third-order valence-electron chi connectivity index (χ3n) is 5.95. The number of carbonyl (C=O) groups is 3. The van der Waals surface area contributed by atoms with E-state index in [1.807, 2.05) is 0 Å². The summed E-state index contributed by atoms with van der Waals surface area (Å²) in [5.41, 5.74) is -0.776. The van der Waals surface area contributed by atoms with Gasteiger partial charge in [-0.2, -0.15) is 13.2 Å². The zero-order chi connectivity index (χ0) is 19.4. The molecule has 2 aliphatic carbocycles. The van der Waals surface area contributed by atoms with Crippen LogP contribution in [0.15, 0.2) is 0 Å². The number of esters is 3. The van der Waals surface area contributed by atoms with Gasteiger partial charge in [-0.05, 0) is 26.7 Å². The average Bonchev–Trinajstić information content (AvgIpc) is 3.15. The Hall–Kier alpha value is -1.80. The van der Waals surface area contributed by atoms with Crippen molar-refractivity contribution in [1.29, 1.82) is 0 Å². The van der Waals surface area contributed by atoms with Gasteiger partial charge in [-0.3, -0.25) is 9.59 Å². The molecule has 0 spiro atoms. The molecule has 2 saturated carbocycles. The van der Waals surface area contributed by atoms with Crippen LogP contribution < -0.4 is 0 Å². The van der Waals surface area contributed by atoms with E-state index in [-0.39, 0.29) is 6.42 Å². The molecule has 9 heteroatoms. The second kappa shape index (κ2) is 6.13. The topological polar surface area (TPSA) is 78.9 Å². The van der Waals surface area contributed by atoms with Gasteiger partial charge in [0.25, 0.3) is 0 Å². The molecular weight excluding hydrogens is 357 g/mol. The van der Waals surface area contributed by atoms with Crippen molar-refractivity contribution in [3.63, 3.8) is 0 Å². The van der Waals surface area contributed by atoms with Crippen molar-refractivity contribution >= 4 is 17.9 Å². The molecule has 1 saturated heterocycles. The van der Waals surface area contributed by atoms with Crippen LogP contribution >= 0.6 is 0 Å². The highest BCUT2D eigenvalue weighted by Gasteiger charge is 2.73. The van der Waals surface area contributed by atoms with E-state index >= 15 is 0 Å². The molecule has 0 aromatic rings. The van der Waals surface area contributed by atoms with Gasteiger partial charge in [0.05, 0.1) is 17.3 Å². The van der Waals surface area contributed by atoms with Gasteiger partial charge in [-0.15, -0.1) is 0 Å². The minimum Gasteiger partial charge on any atom is -0.458 e. The lowest BCUT2D eigenvalue weighted by Crippen LogP contribution is -2.46. The largest absolute Gasteiger partial charge is 0.458 e. The van der Waals surface area contributed by atoms with E-state index in [1.54, 1.807) is 20.8 Å². The highest BCUT2D eigenvalue weighted by atomic mass is 19.4. The van der Waals surface area contributed by atoms with E-state index < -0.39 is 72.0 Å². The number of hydrogen-bond donors (Lipinski definition) is 0. The highest BCUT2D eigenvalue weighted by Crippen LogP contribution is 2.62. The Kier molecular flexibility index (Phi) is 4.47. The Morgan fingerprint density at radius 3 is 2.46 bits per heavy atom. The fraction of sp³-hybridized carbons (Fsp3) is 0.824. The van der Waals surface area contributed by atoms with Gasteiger partial charge in [-0.25, -0.2) is 4.79 Å². The van der Waals surface area contributed by atoms with Crippen molar-refractivity contribution in [1.82, 2.24) is 0 Å². The molecule has 0 radical (unpaired) electrons. The smallest absolute Gasteiger partial charge is 0.393 e. The fourth-order valence-electron chi connectivity index (χ4n) is 4.24. The fourth-order valence-corrected chi connectivity index (χ4v) is 4.24. The van der Waals surface area contributed by atoms with Crippen molar-refractivity contribution in [3.8, 4) is 0 Å². The Morgan fingerprint density at radius 2 is 1.88 bits per heavy atom. The number of ether oxygens (including phenoxy) is 3. The summed E-state index contributed by atoms with van der Waals surface area (Å²) in [5, 5.41) is 0. The third-order valence-corrected chi connectivity index (χ3v) is 5.95. The molecule has 6 atom stereocenters.